The van der Waals surface area contributed by atoms with Crippen molar-refractivity contribution in [3.05, 3.63) is 21.4 Å². The molecule has 1 aliphatic rings. The van der Waals surface area contributed by atoms with Gasteiger partial charge in [0.2, 0.25) is 0 Å². The van der Waals surface area contributed by atoms with E-state index in [1.54, 1.807) is 11.3 Å². The Kier molecular flexibility index (Phi) is 5.57. The molecule has 0 radical (unpaired) electrons. The van der Waals surface area contributed by atoms with Gasteiger partial charge in [-0.2, -0.15) is 11.8 Å². The van der Waals surface area contributed by atoms with Crippen LogP contribution in [0.15, 0.2) is 6.07 Å². The number of thioether (sulfide) groups is 1. The van der Waals surface area contributed by atoms with Crippen molar-refractivity contribution in [2.75, 3.05) is 17.6 Å². The Morgan fingerprint density at radius 2 is 2.44 bits per heavy atom. The van der Waals surface area contributed by atoms with E-state index in [9.17, 15) is 4.79 Å². The number of hydrogen-bond acceptors (Lipinski definition) is 3. The van der Waals surface area contributed by atoms with E-state index in [0.717, 1.165) is 35.3 Å². The first-order valence-electron chi connectivity index (χ1n) is 6.24. The van der Waals surface area contributed by atoms with Gasteiger partial charge in [0.15, 0.2) is 0 Å². The number of carbonyl (C=O) groups is 1. The van der Waals surface area contributed by atoms with Gasteiger partial charge < -0.3 is 5.32 Å². The molecule has 0 aliphatic carbocycles. The van der Waals surface area contributed by atoms with Gasteiger partial charge in [-0.3, -0.25) is 4.79 Å². The first kappa shape index (κ1) is 14.4. The highest BCUT2D eigenvalue weighted by atomic mass is 79.9. The molecule has 5 heteroatoms. The van der Waals surface area contributed by atoms with Gasteiger partial charge in [0.05, 0.1) is 4.88 Å². The topological polar surface area (TPSA) is 29.1 Å². The Bertz CT molecular complexity index is 396. The molecule has 1 aliphatic heterocycles. The monoisotopic (exact) mass is 347 g/mol. The summed E-state index contributed by atoms with van der Waals surface area (Å²) < 4.78 is 0. The lowest BCUT2D eigenvalue weighted by Gasteiger charge is -2.10. The van der Waals surface area contributed by atoms with Gasteiger partial charge in [0.25, 0.3) is 5.91 Å². The number of halogens is 1. The van der Waals surface area contributed by atoms with E-state index in [4.69, 9.17) is 0 Å². The van der Waals surface area contributed by atoms with Gasteiger partial charge in [-0.25, -0.2) is 0 Å². The number of nitrogens with one attached hydrogen (secondary N) is 1. The van der Waals surface area contributed by atoms with E-state index in [1.807, 2.05) is 11.8 Å². The highest BCUT2D eigenvalue weighted by Crippen LogP contribution is 2.31. The molecule has 1 aromatic rings. The normalized spacial score (nSPS) is 16.1. The van der Waals surface area contributed by atoms with Crippen LogP contribution in [-0.4, -0.2) is 23.5 Å². The van der Waals surface area contributed by atoms with Crippen molar-refractivity contribution in [3.63, 3.8) is 0 Å². The predicted molar refractivity (Wildman–Crippen MR) is 84.1 cm³/mol. The molecule has 2 heterocycles. The fourth-order valence-electron chi connectivity index (χ4n) is 1.90. The zero-order chi connectivity index (χ0) is 13.0. The maximum atomic E-state index is 12.1. The van der Waals surface area contributed by atoms with Gasteiger partial charge >= 0.3 is 0 Å². The van der Waals surface area contributed by atoms with Gasteiger partial charge in [0, 0.05) is 22.5 Å². The standard InChI is InChI=1S/C13H18BrNOS2/c1-9(2-4-14)7-15-13(16)12-6-10-8-17-5-3-11(10)18-12/h6,9H,2-5,7-8H2,1H3,(H,15,16). The minimum absolute atomic E-state index is 0.0980. The van der Waals surface area contributed by atoms with Crippen LogP contribution < -0.4 is 5.32 Å². The number of hydrogen-bond donors (Lipinski definition) is 1. The molecule has 1 aromatic heterocycles. The second kappa shape index (κ2) is 6.96. The molecule has 1 unspecified atom stereocenters. The van der Waals surface area contributed by atoms with Gasteiger partial charge in [-0.1, -0.05) is 22.9 Å². The van der Waals surface area contributed by atoms with Crippen molar-refractivity contribution < 1.29 is 4.79 Å². The van der Waals surface area contributed by atoms with E-state index < -0.39 is 0 Å². The molecular formula is C13H18BrNOS2. The lowest BCUT2D eigenvalue weighted by atomic mass is 10.1. The third-order valence-electron chi connectivity index (χ3n) is 3.06. The number of aryl methyl sites for hydroxylation is 1. The van der Waals surface area contributed by atoms with Crippen molar-refractivity contribution in [2.45, 2.75) is 25.5 Å². The zero-order valence-electron chi connectivity index (χ0n) is 10.5. The Balaban J connectivity index is 1.90. The van der Waals surface area contributed by atoms with E-state index in [0.29, 0.717) is 5.92 Å². The molecular weight excluding hydrogens is 330 g/mol. The summed E-state index contributed by atoms with van der Waals surface area (Å²) in [5.74, 6) is 2.88. The minimum Gasteiger partial charge on any atom is -0.351 e. The van der Waals surface area contributed by atoms with Crippen LogP contribution >= 0.6 is 39.0 Å². The molecule has 0 spiro atoms. The first-order chi connectivity index (χ1) is 8.70. The number of rotatable bonds is 5. The fourth-order valence-corrected chi connectivity index (χ4v) is 4.97. The van der Waals surface area contributed by atoms with Crippen LogP contribution in [0.1, 0.15) is 33.5 Å². The number of fused-ring (bicyclic) bond motifs is 1. The summed E-state index contributed by atoms with van der Waals surface area (Å²) in [6.07, 6.45) is 2.22. The molecule has 0 saturated carbocycles. The third-order valence-corrected chi connectivity index (χ3v) is 5.77. The number of alkyl halides is 1. The summed E-state index contributed by atoms with van der Waals surface area (Å²) in [4.78, 5) is 14.3. The molecule has 18 heavy (non-hydrogen) atoms. The molecule has 0 bridgehead atoms. The minimum atomic E-state index is 0.0980. The fraction of sp³-hybridized carbons (Fsp3) is 0.615. The van der Waals surface area contributed by atoms with Crippen LogP contribution in [0.3, 0.4) is 0 Å². The van der Waals surface area contributed by atoms with Gasteiger partial charge in [0.1, 0.15) is 0 Å². The maximum absolute atomic E-state index is 12.1. The van der Waals surface area contributed by atoms with E-state index in [1.165, 1.54) is 16.2 Å². The SMILES string of the molecule is CC(CCBr)CNC(=O)c1cc2c(s1)CCSC2. The lowest BCUT2D eigenvalue weighted by molar-refractivity contribution is 0.0952. The Hall–Kier alpha value is -0.000000000000000111. The van der Waals surface area contributed by atoms with Crippen LogP contribution in [0.25, 0.3) is 0 Å². The van der Waals surface area contributed by atoms with E-state index in [-0.39, 0.29) is 5.91 Å². The third kappa shape index (κ3) is 3.75. The molecule has 1 N–H and O–H groups in total. The quantitative estimate of drug-likeness (QED) is 0.823. The second-order valence-corrected chi connectivity index (χ2v) is 7.69. The molecule has 2 rings (SSSR count). The van der Waals surface area contributed by atoms with Crippen molar-refractivity contribution >= 4 is 44.9 Å². The molecule has 1 amide bonds. The molecule has 2 nitrogen and oxygen atoms in total. The van der Waals surface area contributed by atoms with Crippen molar-refractivity contribution in [1.82, 2.24) is 5.32 Å². The Labute approximate surface area is 125 Å². The summed E-state index contributed by atoms with van der Waals surface area (Å²) in [5.41, 5.74) is 1.37. The van der Waals surface area contributed by atoms with Crippen molar-refractivity contribution in [1.29, 1.82) is 0 Å². The van der Waals surface area contributed by atoms with Crippen molar-refractivity contribution in [2.24, 2.45) is 5.92 Å². The summed E-state index contributed by atoms with van der Waals surface area (Å²) in [6.45, 7) is 2.93. The van der Waals surface area contributed by atoms with Crippen LogP contribution in [0, 0.1) is 5.92 Å². The summed E-state index contributed by atoms with van der Waals surface area (Å²) in [7, 11) is 0. The van der Waals surface area contributed by atoms with Crippen LogP contribution in [0.4, 0.5) is 0 Å². The van der Waals surface area contributed by atoms with Crippen LogP contribution in [-0.2, 0) is 12.2 Å². The largest absolute Gasteiger partial charge is 0.351 e. The first-order valence-corrected chi connectivity index (χ1v) is 9.33. The van der Waals surface area contributed by atoms with Gasteiger partial charge in [-0.05, 0) is 36.1 Å². The number of carbonyl (C=O) groups excluding carboxylic acids is 1. The van der Waals surface area contributed by atoms with Gasteiger partial charge in [-0.15, -0.1) is 11.3 Å². The zero-order valence-corrected chi connectivity index (χ0v) is 13.7. The summed E-state index contributed by atoms with van der Waals surface area (Å²) in [5, 5.41) is 4.03. The van der Waals surface area contributed by atoms with E-state index >= 15 is 0 Å². The molecule has 1 atom stereocenters. The molecule has 0 aromatic carbocycles. The lowest BCUT2D eigenvalue weighted by Crippen LogP contribution is -2.27. The molecule has 0 saturated heterocycles. The highest BCUT2D eigenvalue weighted by Gasteiger charge is 2.17. The number of thiophene rings is 1. The average molecular weight is 348 g/mol. The smallest absolute Gasteiger partial charge is 0.261 e. The average Bonchev–Trinajstić information content (AvgIpc) is 2.80. The number of amides is 1. The molecule has 0 fully saturated rings. The maximum Gasteiger partial charge on any atom is 0.261 e. The van der Waals surface area contributed by atoms with E-state index in [2.05, 4.69) is 34.2 Å². The van der Waals surface area contributed by atoms with Crippen molar-refractivity contribution in [3.8, 4) is 0 Å². The van der Waals surface area contributed by atoms with Crippen LogP contribution in [0.5, 0.6) is 0 Å². The van der Waals surface area contributed by atoms with Crippen LogP contribution in [0.2, 0.25) is 0 Å². The summed E-state index contributed by atoms with van der Waals surface area (Å²) in [6, 6.07) is 2.08. The molecule has 100 valence electrons. The predicted octanol–water partition coefficient (Wildman–Crippen LogP) is 3.69. The Morgan fingerprint density at radius 1 is 1.61 bits per heavy atom. The Morgan fingerprint density at radius 3 is 3.17 bits per heavy atom. The second-order valence-electron chi connectivity index (χ2n) is 4.65. The highest BCUT2D eigenvalue weighted by molar-refractivity contribution is 9.09. The summed E-state index contributed by atoms with van der Waals surface area (Å²) >= 11 is 7.06.